The zero-order valence-corrected chi connectivity index (χ0v) is 12.7. The minimum absolute atomic E-state index is 0. The molecule has 108 valence electrons. The van der Waals surface area contributed by atoms with Crippen molar-refractivity contribution in [2.45, 2.75) is 20.8 Å². The Kier molecular flexibility index (Phi) is 6.46. The van der Waals surface area contributed by atoms with Gasteiger partial charge in [0.2, 0.25) is 0 Å². The van der Waals surface area contributed by atoms with Gasteiger partial charge in [0, 0.05) is 19.2 Å². The fourth-order valence-electron chi connectivity index (χ4n) is 1.78. The summed E-state index contributed by atoms with van der Waals surface area (Å²) in [5.74, 6) is -0.406. The van der Waals surface area contributed by atoms with Crippen LogP contribution in [0.3, 0.4) is 0 Å². The van der Waals surface area contributed by atoms with E-state index in [1.807, 2.05) is 13.8 Å². The summed E-state index contributed by atoms with van der Waals surface area (Å²) in [6, 6.07) is 4.41. The van der Waals surface area contributed by atoms with Gasteiger partial charge in [-0.3, -0.25) is 4.79 Å². The Labute approximate surface area is 120 Å². The molecule has 0 aliphatic rings. The molecule has 3 nitrogen and oxygen atoms in total. The molecule has 0 saturated heterocycles. The highest BCUT2D eigenvalue weighted by Gasteiger charge is 2.22. The van der Waals surface area contributed by atoms with E-state index < -0.39 is 0 Å². The van der Waals surface area contributed by atoms with Crippen LogP contribution in [-0.2, 0) is 0 Å². The van der Waals surface area contributed by atoms with Gasteiger partial charge in [-0.2, -0.15) is 0 Å². The van der Waals surface area contributed by atoms with Crippen LogP contribution in [0.5, 0.6) is 0 Å². The van der Waals surface area contributed by atoms with Gasteiger partial charge in [0.05, 0.1) is 0 Å². The van der Waals surface area contributed by atoms with Crippen molar-refractivity contribution in [2.75, 3.05) is 20.1 Å². The van der Waals surface area contributed by atoms with Crippen molar-refractivity contribution in [1.29, 1.82) is 0 Å². The SMILES string of the molecule is Cc1cc(C(=O)N(C)CC(C)(C)CN)ccc1F.Cl. The van der Waals surface area contributed by atoms with E-state index in [-0.39, 0.29) is 29.5 Å². The Bertz CT molecular complexity index is 449. The molecule has 0 radical (unpaired) electrons. The summed E-state index contributed by atoms with van der Waals surface area (Å²) in [5.41, 5.74) is 6.51. The van der Waals surface area contributed by atoms with Crippen LogP contribution in [-0.4, -0.2) is 30.9 Å². The number of nitrogens with zero attached hydrogens (tertiary/aromatic N) is 1. The summed E-state index contributed by atoms with van der Waals surface area (Å²) in [7, 11) is 1.73. The van der Waals surface area contributed by atoms with E-state index in [9.17, 15) is 9.18 Å². The molecule has 0 fully saturated rings. The zero-order valence-electron chi connectivity index (χ0n) is 11.9. The molecule has 0 aliphatic heterocycles. The lowest BCUT2D eigenvalue weighted by molar-refractivity contribution is 0.0740. The minimum atomic E-state index is -0.295. The average molecular weight is 289 g/mol. The highest BCUT2D eigenvalue weighted by atomic mass is 35.5. The van der Waals surface area contributed by atoms with Gasteiger partial charge < -0.3 is 10.6 Å². The van der Waals surface area contributed by atoms with Crippen LogP contribution >= 0.6 is 12.4 Å². The maximum atomic E-state index is 13.1. The third-order valence-corrected chi connectivity index (χ3v) is 2.97. The Morgan fingerprint density at radius 3 is 2.47 bits per heavy atom. The third kappa shape index (κ3) is 4.80. The number of halogens is 2. The maximum Gasteiger partial charge on any atom is 0.253 e. The number of carbonyl (C=O) groups excluding carboxylic acids is 1. The molecule has 5 heteroatoms. The van der Waals surface area contributed by atoms with Crippen LogP contribution in [0.1, 0.15) is 29.8 Å². The van der Waals surface area contributed by atoms with E-state index in [1.54, 1.807) is 24.9 Å². The summed E-state index contributed by atoms with van der Waals surface area (Å²) in [5, 5.41) is 0. The maximum absolute atomic E-state index is 13.1. The molecule has 0 saturated carbocycles. The Balaban J connectivity index is 0.00000324. The Morgan fingerprint density at radius 2 is 2.00 bits per heavy atom. The van der Waals surface area contributed by atoms with E-state index in [1.165, 1.54) is 12.1 Å². The number of aryl methyl sites for hydroxylation is 1. The van der Waals surface area contributed by atoms with Crippen molar-refractivity contribution in [3.8, 4) is 0 Å². The van der Waals surface area contributed by atoms with Gasteiger partial charge in [-0.1, -0.05) is 13.8 Å². The van der Waals surface area contributed by atoms with E-state index in [2.05, 4.69) is 0 Å². The molecule has 19 heavy (non-hydrogen) atoms. The molecular formula is C14H22ClFN2O. The fraction of sp³-hybridized carbons (Fsp3) is 0.500. The van der Waals surface area contributed by atoms with Gasteiger partial charge in [0.15, 0.2) is 0 Å². The Hall–Kier alpha value is -1.13. The predicted octanol–water partition coefficient (Wildman–Crippen LogP) is 2.61. The average Bonchev–Trinajstić information content (AvgIpc) is 2.31. The second-order valence-electron chi connectivity index (χ2n) is 5.49. The number of carbonyl (C=O) groups is 1. The first-order valence-electron chi connectivity index (χ1n) is 5.98. The molecule has 1 rings (SSSR count). The summed E-state index contributed by atoms with van der Waals surface area (Å²) in [4.78, 5) is 13.8. The van der Waals surface area contributed by atoms with Crippen LogP contribution in [0.25, 0.3) is 0 Å². The van der Waals surface area contributed by atoms with E-state index in [4.69, 9.17) is 5.73 Å². The number of hydrogen-bond donors (Lipinski definition) is 1. The standard InChI is InChI=1S/C14H21FN2O.ClH/c1-10-7-11(5-6-12(10)15)13(18)17(4)9-14(2,3)8-16;/h5-7H,8-9,16H2,1-4H3;1H. The molecule has 0 spiro atoms. The summed E-state index contributed by atoms with van der Waals surface area (Å²) < 4.78 is 13.1. The lowest BCUT2D eigenvalue weighted by Crippen LogP contribution is -2.39. The van der Waals surface area contributed by atoms with Crippen LogP contribution in [0, 0.1) is 18.2 Å². The number of hydrogen-bond acceptors (Lipinski definition) is 2. The normalized spacial score (nSPS) is 10.8. The van der Waals surface area contributed by atoms with Crippen LogP contribution in [0.15, 0.2) is 18.2 Å². The smallest absolute Gasteiger partial charge is 0.253 e. The van der Waals surface area contributed by atoms with Crippen molar-refractivity contribution in [2.24, 2.45) is 11.1 Å². The fourth-order valence-corrected chi connectivity index (χ4v) is 1.78. The van der Waals surface area contributed by atoms with Gasteiger partial charge in [-0.25, -0.2) is 4.39 Å². The lowest BCUT2D eigenvalue weighted by atomic mass is 9.93. The highest BCUT2D eigenvalue weighted by Crippen LogP contribution is 2.17. The summed E-state index contributed by atoms with van der Waals surface area (Å²) >= 11 is 0. The predicted molar refractivity (Wildman–Crippen MR) is 78.2 cm³/mol. The molecule has 0 aliphatic carbocycles. The molecule has 0 aromatic heterocycles. The molecule has 1 amide bonds. The van der Waals surface area contributed by atoms with Crippen molar-refractivity contribution in [3.05, 3.63) is 35.1 Å². The van der Waals surface area contributed by atoms with Crippen molar-refractivity contribution >= 4 is 18.3 Å². The number of rotatable bonds is 4. The number of amides is 1. The Morgan fingerprint density at radius 1 is 1.42 bits per heavy atom. The molecule has 0 unspecified atom stereocenters. The van der Waals surface area contributed by atoms with Crippen molar-refractivity contribution in [1.82, 2.24) is 4.90 Å². The summed E-state index contributed by atoms with van der Waals surface area (Å²) in [6.07, 6.45) is 0. The third-order valence-electron chi connectivity index (χ3n) is 2.97. The molecular weight excluding hydrogens is 267 g/mol. The van der Waals surface area contributed by atoms with Crippen molar-refractivity contribution < 1.29 is 9.18 Å². The quantitative estimate of drug-likeness (QED) is 0.926. The lowest BCUT2D eigenvalue weighted by Gasteiger charge is -2.29. The molecule has 1 aromatic rings. The van der Waals surface area contributed by atoms with Gasteiger partial charge in [0.1, 0.15) is 5.82 Å². The first kappa shape index (κ1) is 17.9. The van der Waals surface area contributed by atoms with Gasteiger partial charge in [-0.05, 0) is 42.6 Å². The second kappa shape index (κ2) is 6.87. The van der Waals surface area contributed by atoms with Crippen molar-refractivity contribution in [3.63, 3.8) is 0 Å². The van der Waals surface area contributed by atoms with E-state index >= 15 is 0 Å². The summed E-state index contributed by atoms with van der Waals surface area (Å²) in [6.45, 7) is 6.74. The van der Waals surface area contributed by atoms with E-state index in [0.717, 1.165) is 0 Å². The first-order chi connectivity index (χ1) is 8.26. The van der Waals surface area contributed by atoms with Gasteiger partial charge in [0.25, 0.3) is 5.91 Å². The second-order valence-corrected chi connectivity index (χ2v) is 5.49. The monoisotopic (exact) mass is 288 g/mol. The topological polar surface area (TPSA) is 46.3 Å². The first-order valence-corrected chi connectivity index (χ1v) is 5.98. The van der Waals surface area contributed by atoms with Gasteiger partial charge >= 0.3 is 0 Å². The van der Waals surface area contributed by atoms with Gasteiger partial charge in [-0.15, -0.1) is 12.4 Å². The molecule has 1 aromatic carbocycles. The highest BCUT2D eigenvalue weighted by molar-refractivity contribution is 5.94. The van der Waals surface area contributed by atoms with E-state index in [0.29, 0.717) is 24.2 Å². The number of benzene rings is 1. The molecule has 0 bridgehead atoms. The molecule has 0 atom stereocenters. The molecule has 0 heterocycles. The van der Waals surface area contributed by atoms with Crippen LogP contribution in [0.2, 0.25) is 0 Å². The number of nitrogens with two attached hydrogens (primary N) is 1. The largest absolute Gasteiger partial charge is 0.341 e. The zero-order chi connectivity index (χ0) is 13.9. The van der Waals surface area contributed by atoms with Crippen LogP contribution < -0.4 is 5.73 Å². The van der Waals surface area contributed by atoms with Crippen LogP contribution in [0.4, 0.5) is 4.39 Å². The molecule has 2 N–H and O–H groups in total. The minimum Gasteiger partial charge on any atom is -0.341 e.